The van der Waals surface area contributed by atoms with Crippen molar-refractivity contribution in [3.63, 3.8) is 0 Å². The lowest BCUT2D eigenvalue weighted by Crippen LogP contribution is -2.48. The lowest BCUT2D eigenvalue weighted by atomic mass is 10.00. The molecule has 6 nitrogen and oxygen atoms in total. The fourth-order valence-electron chi connectivity index (χ4n) is 3.85. The van der Waals surface area contributed by atoms with E-state index in [9.17, 15) is 8.42 Å². The lowest BCUT2D eigenvalue weighted by Gasteiger charge is -2.36. The molecule has 1 fully saturated rings. The molecule has 0 saturated carbocycles. The number of benzene rings is 2. The smallest absolute Gasteiger partial charge is 0.194 e. The van der Waals surface area contributed by atoms with Gasteiger partial charge in [0.2, 0.25) is 0 Å². The molecule has 0 bridgehead atoms. The number of hydrogen-bond acceptors (Lipinski definition) is 4. The van der Waals surface area contributed by atoms with Crippen LogP contribution in [0.2, 0.25) is 0 Å². The third-order valence-corrected chi connectivity index (χ3v) is 6.19. The molecule has 31 heavy (non-hydrogen) atoms. The molecule has 0 radical (unpaired) electrons. The zero-order chi connectivity index (χ0) is 22.4. The van der Waals surface area contributed by atoms with E-state index in [1.54, 1.807) is 0 Å². The van der Waals surface area contributed by atoms with Gasteiger partial charge in [-0.15, -0.1) is 0 Å². The topological polar surface area (TPSA) is 71.0 Å². The summed E-state index contributed by atoms with van der Waals surface area (Å²) in [6, 6.07) is 14.1. The number of guanidine groups is 1. The minimum absolute atomic E-state index is 0.0217. The first-order valence-corrected chi connectivity index (χ1v) is 12.8. The average molecular weight is 444 g/mol. The van der Waals surface area contributed by atoms with Gasteiger partial charge in [0, 0.05) is 19.3 Å². The molecule has 2 aromatic rings. The van der Waals surface area contributed by atoms with Crippen LogP contribution in [-0.4, -0.2) is 51.8 Å². The summed E-state index contributed by atoms with van der Waals surface area (Å²) < 4.78 is 29.0. The second-order valence-electron chi connectivity index (χ2n) is 8.22. The Labute approximate surface area is 186 Å². The Morgan fingerprint density at radius 3 is 2.52 bits per heavy atom. The molecule has 0 aromatic heterocycles. The highest BCUT2D eigenvalue weighted by Gasteiger charge is 2.25. The Morgan fingerprint density at radius 2 is 1.87 bits per heavy atom. The van der Waals surface area contributed by atoms with E-state index in [0.717, 1.165) is 36.7 Å². The summed E-state index contributed by atoms with van der Waals surface area (Å²) in [4.78, 5) is 7.09. The highest BCUT2D eigenvalue weighted by molar-refractivity contribution is 7.89. The number of nitrogens with one attached hydrogen (secondary N) is 1. The van der Waals surface area contributed by atoms with Gasteiger partial charge in [0.1, 0.15) is 6.10 Å². The number of rotatable bonds is 6. The van der Waals surface area contributed by atoms with Crippen molar-refractivity contribution in [2.75, 3.05) is 32.5 Å². The van der Waals surface area contributed by atoms with Gasteiger partial charge in [0.15, 0.2) is 15.8 Å². The molecule has 1 aliphatic heterocycles. The van der Waals surface area contributed by atoms with Crippen molar-refractivity contribution >= 4 is 15.8 Å². The van der Waals surface area contributed by atoms with E-state index >= 15 is 0 Å². The number of nitrogens with zero attached hydrogens (tertiary/aromatic N) is 2. The third kappa shape index (κ3) is 6.80. The molecule has 0 aliphatic carbocycles. The normalized spacial score (nSPS) is 17.6. The van der Waals surface area contributed by atoms with E-state index in [4.69, 9.17) is 9.73 Å². The van der Waals surface area contributed by atoms with Gasteiger partial charge >= 0.3 is 0 Å². The summed E-state index contributed by atoms with van der Waals surface area (Å²) in [6.07, 6.45) is 1.27. The first-order valence-electron chi connectivity index (χ1n) is 10.7. The van der Waals surface area contributed by atoms with Crippen LogP contribution in [0.25, 0.3) is 0 Å². The lowest BCUT2D eigenvalue weighted by molar-refractivity contribution is -0.00834. The molecular formula is C24H33N3O3S. The Morgan fingerprint density at radius 1 is 1.16 bits per heavy atom. The van der Waals surface area contributed by atoms with Gasteiger partial charge < -0.3 is 15.0 Å². The summed E-state index contributed by atoms with van der Waals surface area (Å²) in [5, 5.41) is 3.40. The second kappa shape index (κ2) is 10.3. The summed E-state index contributed by atoms with van der Waals surface area (Å²) in [7, 11) is -3.03. The number of aliphatic imine (C=N–C) groups is 1. The van der Waals surface area contributed by atoms with Gasteiger partial charge in [-0.25, -0.2) is 13.4 Å². The van der Waals surface area contributed by atoms with Crippen LogP contribution in [-0.2, 0) is 26.9 Å². The molecule has 3 rings (SSSR count). The molecule has 1 atom stereocenters. The molecule has 1 heterocycles. The molecule has 0 spiro atoms. The SMILES string of the molecule is CCNC(=NCc1ccc(CS(C)(=O)=O)cc1)N1CCOC(c2ccc(C)cc2C)C1. The number of morpholine rings is 1. The fourth-order valence-corrected chi connectivity index (χ4v) is 4.65. The molecule has 1 unspecified atom stereocenters. The summed E-state index contributed by atoms with van der Waals surface area (Å²) >= 11 is 0. The van der Waals surface area contributed by atoms with Gasteiger partial charge in [-0.2, -0.15) is 0 Å². The van der Waals surface area contributed by atoms with Gasteiger partial charge in [-0.3, -0.25) is 0 Å². The standard InChI is InChI=1S/C24H33N3O3S/c1-5-25-24(26-15-20-7-9-21(10-8-20)17-31(4,28)29)27-12-13-30-23(16-27)22-11-6-18(2)14-19(22)3/h6-11,14,23H,5,12-13,15-17H2,1-4H3,(H,25,26). The number of ether oxygens (including phenoxy) is 1. The summed E-state index contributed by atoms with van der Waals surface area (Å²) in [6.45, 7) is 9.83. The molecule has 1 saturated heterocycles. The minimum Gasteiger partial charge on any atom is -0.370 e. The van der Waals surface area contributed by atoms with Crippen molar-refractivity contribution in [1.82, 2.24) is 10.2 Å². The van der Waals surface area contributed by atoms with Crippen molar-refractivity contribution < 1.29 is 13.2 Å². The van der Waals surface area contributed by atoms with E-state index in [-0.39, 0.29) is 11.9 Å². The Kier molecular flexibility index (Phi) is 7.73. The van der Waals surface area contributed by atoms with Gasteiger partial charge in [0.25, 0.3) is 0 Å². The van der Waals surface area contributed by atoms with E-state index in [1.807, 2.05) is 24.3 Å². The maximum Gasteiger partial charge on any atom is 0.194 e. The molecule has 7 heteroatoms. The largest absolute Gasteiger partial charge is 0.370 e. The average Bonchev–Trinajstić information content (AvgIpc) is 2.71. The van der Waals surface area contributed by atoms with Gasteiger partial charge in [0.05, 0.1) is 25.4 Å². The Balaban J connectivity index is 1.71. The van der Waals surface area contributed by atoms with Crippen molar-refractivity contribution in [3.8, 4) is 0 Å². The Hall–Kier alpha value is -2.38. The van der Waals surface area contributed by atoms with Crippen molar-refractivity contribution in [1.29, 1.82) is 0 Å². The van der Waals surface area contributed by atoms with Gasteiger partial charge in [-0.05, 0) is 43.0 Å². The van der Waals surface area contributed by atoms with E-state index in [2.05, 4.69) is 49.2 Å². The molecule has 168 valence electrons. The second-order valence-corrected chi connectivity index (χ2v) is 10.4. The van der Waals surface area contributed by atoms with E-state index in [1.165, 1.54) is 22.9 Å². The molecule has 1 aliphatic rings. The van der Waals surface area contributed by atoms with Crippen LogP contribution < -0.4 is 5.32 Å². The maximum absolute atomic E-state index is 11.5. The monoisotopic (exact) mass is 443 g/mol. The Bertz CT molecular complexity index is 1020. The van der Waals surface area contributed by atoms with Crippen molar-refractivity contribution in [2.24, 2.45) is 4.99 Å². The van der Waals surface area contributed by atoms with Crippen molar-refractivity contribution in [2.45, 2.75) is 39.2 Å². The molecule has 1 N–H and O–H groups in total. The van der Waals surface area contributed by atoms with E-state index in [0.29, 0.717) is 13.2 Å². The van der Waals surface area contributed by atoms with Crippen LogP contribution >= 0.6 is 0 Å². The summed E-state index contributed by atoms with van der Waals surface area (Å²) in [5.74, 6) is 0.938. The van der Waals surface area contributed by atoms with Gasteiger partial charge in [-0.1, -0.05) is 48.0 Å². The quantitative estimate of drug-likeness (QED) is 0.547. The highest BCUT2D eigenvalue weighted by atomic mass is 32.2. The number of hydrogen-bond donors (Lipinski definition) is 1. The zero-order valence-electron chi connectivity index (χ0n) is 18.9. The van der Waals surface area contributed by atoms with Crippen LogP contribution in [0.5, 0.6) is 0 Å². The molecular weight excluding hydrogens is 410 g/mol. The molecule has 2 aromatic carbocycles. The predicted molar refractivity (Wildman–Crippen MR) is 126 cm³/mol. The van der Waals surface area contributed by atoms with Crippen molar-refractivity contribution in [3.05, 3.63) is 70.3 Å². The van der Waals surface area contributed by atoms with E-state index < -0.39 is 9.84 Å². The fraction of sp³-hybridized carbons (Fsp3) is 0.458. The molecule has 0 amide bonds. The summed E-state index contributed by atoms with van der Waals surface area (Å²) in [5.41, 5.74) is 5.58. The van der Waals surface area contributed by atoms with Crippen LogP contribution in [0.1, 0.15) is 40.8 Å². The third-order valence-electron chi connectivity index (χ3n) is 5.34. The van der Waals surface area contributed by atoms with Crippen LogP contribution in [0.15, 0.2) is 47.5 Å². The van der Waals surface area contributed by atoms with Crippen LogP contribution in [0, 0.1) is 13.8 Å². The maximum atomic E-state index is 11.5. The first-order chi connectivity index (χ1) is 14.7. The highest BCUT2D eigenvalue weighted by Crippen LogP contribution is 2.26. The predicted octanol–water partition coefficient (Wildman–Crippen LogP) is 3.39. The van der Waals surface area contributed by atoms with Crippen LogP contribution in [0.3, 0.4) is 0 Å². The minimum atomic E-state index is -3.03. The number of sulfone groups is 1. The number of aryl methyl sites for hydroxylation is 2. The first kappa shape index (κ1) is 23.3. The van der Waals surface area contributed by atoms with Crippen LogP contribution in [0.4, 0.5) is 0 Å². The zero-order valence-corrected chi connectivity index (χ0v) is 19.7.